The van der Waals surface area contributed by atoms with Gasteiger partial charge in [0.15, 0.2) is 0 Å². The second-order valence-electron chi connectivity index (χ2n) is 6.57. The van der Waals surface area contributed by atoms with Crippen LogP contribution in [0.5, 0.6) is 5.75 Å². The van der Waals surface area contributed by atoms with Crippen LogP contribution in [0.15, 0.2) is 54.6 Å². The fraction of sp³-hybridized carbons (Fsp3) is 0.429. The summed E-state index contributed by atoms with van der Waals surface area (Å²) in [4.78, 5) is 2.55. The Hall–Kier alpha value is -1.80. The lowest BCUT2D eigenvalue weighted by Crippen LogP contribution is -2.40. The molecular formula is C21H27NO. The molecule has 1 unspecified atom stereocenters. The standard InChI is InChI=1S/C21H27NO/c1-18(22-13-6-3-7-14-22)17-23-21-12-8-11-20(16-21)15-19-9-4-2-5-10-19/h2,4-5,8-12,16,18H,3,6-7,13-15,17H2,1H3. The number of likely N-dealkylation sites (tertiary alicyclic amines) is 1. The highest BCUT2D eigenvalue weighted by Gasteiger charge is 2.16. The molecule has 1 atom stereocenters. The summed E-state index contributed by atoms with van der Waals surface area (Å²) in [6.07, 6.45) is 5.00. The molecule has 2 aromatic carbocycles. The molecule has 1 aliphatic rings. The number of rotatable bonds is 6. The van der Waals surface area contributed by atoms with Crippen LogP contribution in [0.1, 0.15) is 37.3 Å². The van der Waals surface area contributed by atoms with Crippen LogP contribution in [0.2, 0.25) is 0 Å². The van der Waals surface area contributed by atoms with E-state index in [1.807, 2.05) is 0 Å². The van der Waals surface area contributed by atoms with Crippen molar-refractivity contribution in [2.45, 2.75) is 38.6 Å². The van der Waals surface area contributed by atoms with Gasteiger partial charge in [-0.3, -0.25) is 4.90 Å². The second-order valence-corrected chi connectivity index (χ2v) is 6.57. The van der Waals surface area contributed by atoms with E-state index in [4.69, 9.17) is 4.74 Å². The van der Waals surface area contributed by atoms with Crippen LogP contribution in [0.3, 0.4) is 0 Å². The van der Waals surface area contributed by atoms with E-state index < -0.39 is 0 Å². The Labute approximate surface area is 140 Å². The molecule has 3 rings (SSSR count). The van der Waals surface area contributed by atoms with Gasteiger partial charge >= 0.3 is 0 Å². The van der Waals surface area contributed by atoms with Gasteiger partial charge in [0.25, 0.3) is 0 Å². The Morgan fingerprint density at radius 1 is 0.913 bits per heavy atom. The van der Waals surface area contributed by atoms with Crippen LogP contribution in [-0.4, -0.2) is 30.6 Å². The van der Waals surface area contributed by atoms with Crippen molar-refractivity contribution in [3.05, 3.63) is 65.7 Å². The lowest BCUT2D eigenvalue weighted by atomic mass is 10.1. The Balaban J connectivity index is 1.55. The van der Waals surface area contributed by atoms with Gasteiger partial charge < -0.3 is 4.74 Å². The molecule has 23 heavy (non-hydrogen) atoms. The number of hydrogen-bond acceptors (Lipinski definition) is 2. The first-order chi connectivity index (χ1) is 11.3. The minimum Gasteiger partial charge on any atom is -0.492 e. The molecule has 0 amide bonds. The average molecular weight is 309 g/mol. The van der Waals surface area contributed by atoms with Gasteiger partial charge in [-0.25, -0.2) is 0 Å². The Morgan fingerprint density at radius 2 is 1.65 bits per heavy atom. The first kappa shape index (κ1) is 16.1. The van der Waals surface area contributed by atoms with Gasteiger partial charge in [0.1, 0.15) is 12.4 Å². The Kier molecular flexibility index (Phi) is 5.71. The van der Waals surface area contributed by atoms with Crippen molar-refractivity contribution in [1.82, 2.24) is 4.90 Å². The normalized spacial score (nSPS) is 16.9. The van der Waals surface area contributed by atoms with Gasteiger partial charge in [0.05, 0.1) is 0 Å². The van der Waals surface area contributed by atoms with Gasteiger partial charge in [-0.15, -0.1) is 0 Å². The topological polar surface area (TPSA) is 12.5 Å². The van der Waals surface area contributed by atoms with E-state index in [9.17, 15) is 0 Å². The monoisotopic (exact) mass is 309 g/mol. The molecule has 0 saturated carbocycles. The van der Waals surface area contributed by atoms with Crippen molar-refractivity contribution in [3.8, 4) is 5.75 Å². The van der Waals surface area contributed by atoms with E-state index in [0.29, 0.717) is 6.04 Å². The molecule has 0 spiro atoms. The summed E-state index contributed by atoms with van der Waals surface area (Å²) in [5.41, 5.74) is 2.64. The maximum Gasteiger partial charge on any atom is 0.119 e. The molecule has 1 aliphatic heterocycles. The zero-order valence-electron chi connectivity index (χ0n) is 14.1. The molecule has 0 bridgehead atoms. The zero-order valence-corrected chi connectivity index (χ0v) is 14.1. The first-order valence-corrected chi connectivity index (χ1v) is 8.81. The van der Waals surface area contributed by atoms with Crippen molar-refractivity contribution in [2.75, 3.05) is 19.7 Å². The molecule has 0 radical (unpaired) electrons. The second kappa shape index (κ2) is 8.16. The zero-order chi connectivity index (χ0) is 15.9. The molecular weight excluding hydrogens is 282 g/mol. The Morgan fingerprint density at radius 3 is 2.43 bits per heavy atom. The van der Waals surface area contributed by atoms with Crippen LogP contribution in [0.25, 0.3) is 0 Å². The fourth-order valence-corrected chi connectivity index (χ4v) is 3.26. The first-order valence-electron chi connectivity index (χ1n) is 8.81. The largest absolute Gasteiger partial charge is 0.492 e. The maximum atomic E-state index is 6.06. The van der Waals surface area contributed by atoms with Crippen molar-refractivity contribution in [3.63, 3.8) is 0 Å². The van der Waals surface area contributed by atoms with Gasteiger partial charge in [-0.05, 0) is 62.5 Å². The highest BCUT2D eigenvalue weighted by Crippen LogP contribution is 2.18. The minimum absolute atomic E-state index is 0.494. The summed E-state index contributed by atoms with van der Waals surface area (Å²) in [6.45, 7) is 5.49. The number of benzene rings is 2. The third-order valence-corrected chi connectivity index (χ3v) is 4.65. The third-order valence-electron chi connectivity index (χ3n) is 4.65. The highest BCUT2D eigenvalue weighted by atomic mass is 16.5. The average Bonchev–Trinajstić information content (AvgIpc) is 2.62. The third kappa shape index (κ3) is 4.84. The summed E-state index contributed by atoms with van der Waals surface area (Å²) in [5, 5.41) is 0. The molecule has 1 heterocycles. The number of piperidine rings is 1. The van der Waals surface area contributed by atoms with Crippen LogP contribution in [-0.2, 0) is 6.42 Å². The number of nitrogens with zero attached hydrogens (tertiary/aromatic N) is 1. The van der Waals surface area contributed by atoms with Gasteiger partial charge in [-0.2, -0.15) is 0 Å². The quantitative estimate of drug-likeness (QED) is 0.777. The van der Waals surface area contributed by atoms with Crippen LogP contribution in [0.4, 0.5) is 0 Å². The summed E-state index contributed by atoms with van der Waals surface area (Å²) in [7, 11) is 0. The van der Waals surface area contributed by atoms with Gasteiger partial charge in [0, 0.05) is 6.04 Å². The lowest BCUT2D eigenvalue weighted by molar-refractivity contribution is 0.125. The van der Waals surface area contributed by atoms with Gasteiger partial charge in [-0.1, -0.05) is 48.9 Å². The van der Waals surface area contributed by atoms with Crippen molar-refractivity contribution < 1.29 is 4.74 Å². The summed E-state index contributed by atoms with van der Waals surface area (Å²) in [5.74, 6) is 0.988. The molecule has 2 aromatic rings. The van der Waals surface area contributed by atoms with E-state index in [1.165, 1.54) is 43.5 Å². The Bertz CT molecular complexity index is 590. The fourth-order valence-electron chi connectivity index (χ4n) is 3.26. The summed E-state index contributed by atoms with van der Waals surface area (Å²) >= 11 is 0. The predicted octanol–water partition coefficient (Wildman–Crippen LogP) is 4.53. The molecule has 1 fully saturated rings. The minimum atomic E-state index is 0.494. The lowest BCUT2D eigenvalue weighted by Gasteiger charge is -2.32. The number of hydrogen-bond donors (Lipinski definition) is 0. The molecule has 122 valence electrons. The predicted molar refractivity (Wildman–Crippen MR) is 96.1 cm³/mol. The molecule has 0 N–H and O–H groups in total. The molecule has 0 aromatic heterocycles. The molecule has 1 saturated heterocycles. The van der Waals surface area contributed by atoms with Gasteiger partial charge in [0.2, 0.25) is 0 Å². The van der Waals surface area contributed by atoms with E-state index in [2.05, 4.69) is 66.4 Å². The van der Waals surface area contributed by atoms with Crippen LogP contribution < -0.4 is 4.74 Å². The summed E-state index contributed by atoms with van der Waals surface area (Å²) in [6, 6.07) is 19.6. The molecule has 0 aliphatic carbocycles. The smallest absolute Gasteiger partial charge is 0.119 e. The SMILES string of the molecule is CC(COc1cccc(Cc2ccccc2)c1)N1CCCCC1. The van der Waals surface area contributed by atoms with E-state index in [1.54, 1.807) is 0 Å². The van der Waals surface area contributed by atoms with Crippen LogP contribution >= 0.6 is 0 Å². The summed E-state index contributed by atoms with van der Waals surface area (Å²) < 4.78 is 6.06. The maximum absolute atomic E-state index is 6.06. The van der Waals surface area contributed by atoms with Crippen molar-refractivity contribution in [2.24, 2.45) is 0 Å². The number of ether oxygens (including phenoxy) is 1. The van der Waals surface area contributed by atoms with Crippen LogP contribution in [0, 0.1) is 0 Å². The van der Waals surface area contributed by atoms with Crippen molar-refractivity contribution in [1.29, 1.82) is 0 Å². The van der Waals surface area contributed by atoms with Crippen molar-refractivity contribution >= 4 is 0 Å². The van der Waals surface area contributed by atoms with E-state index in [0.717, 1.165) is 18.8 Å². The molecule has 2 nitrogen and oxygen atoms in total. The molecule has 2 heteroatoms. The van der Waals surface area contributed by atoms with E-state index >= 15 is 0 Å². The van der Waals surface area contributed by atoms with E-state index in [-0.39, 0.29) is 0 Å². The highest BCUT2D eigenvalue weighted by molar-refractivity contribution is 5.32.